The Morgan fingerprint density at radius 3 is 2.50 bits per heavy atom. The number of benzene rings is 1. The molecule has 1 aromatic rings. The molecular formula is C28H34N4O5S. The molecule has 202 valence electrons. The number of aliphatic hydroxyl groups is 1. The number of aliphatic hydroxyl groups excluding tert-OH is 1. The van der Waals surface area contributed by atoms with Gasteiger partial charge in [0, 0.05) is 56.8 Å². The molecule has 0 radical (unpaired) electrons. The second kappa shape index (κ2) is 10.5. The van der Waals surface area contributed by atoms with Gasteiger partial charge in [-0.1, -0.05) is 42.5 Å². The van der Waals surface area contributed by atoms with Gasteiger partial charge in [-0.3, -0.25) is 19.3 Å². The lowest BCUT2D eigenvalue weighted by molar-refractivity contribution is -0.143. The summed E-state index contributed by atoms with van der Waals surface area (Å²) in [5.41, 5.74) is 0.796. The summed E-state index contributed by atoms with van der Waals surface area (Å²) in [7, 11) is 0. The number of amides is 3. The average molecular weight is 539 g/mol. The Morgan fingerprint density at radius 2 is 1.74 bits per heavy atom. The molecule has 38 heavy (non-hydrogen) atoms. The normalized spacial score (nSPS) is 33.3. The van der Waals surface area contributed by atoms with E-state index in [0.29, 0.717) is 32.8 Å². The minimum absolute atomic E-state index is 0.0724. The second-order valence-corrected chi connectivity index (χ2v) is 11.9. The Bertz CT molecular complexity index is 1140. The predicted octanol–water partition coefficient (Wildman–Crippen LogP) is 0.610. The quantitative estimate of drug-likeness (QED) is 0.531. The molecule has 0 saturated carbocycles. The van der Waals surface area contributed by atoms with Crippen LogP contribution in [0, 0.1) is 11.8 Å². The van der Waals surface area contributed by atoms with Gasteiger partial charge in [-0.25, -0.2) is 0 Å². The van der Waals surface area contributed by atoms with E-state index >= 15 is 0 Å². The molecular weight excluding hydrogens is 504 g/mol. The van der Waals surface area contributed by atoms with E-state index in [1.807, 2.05) is 59.5 Å². The van der Waals surface area contributed by atoms with Crippen molar-refractivity contribution in [1.82, 2.24) is 14.7 Å². The first-order valence-corrected chi connectivity index (χ1v) is 14.3. The van der Waals surface area contributed by atoms with Crippen molar-refractivity contribution in [3.05, 3.63) is 54.6 Å². The second-order valence-electron chi connectivity index (χ2n) is 10.5. The summed E-state index contributed by atoms with van der Waals surface area (Å²) in [4.78, 5) is 49.7. The van der Waals surface area contributed by atoms with E-state index in [2.05, 4.69) is 4.90 Å². The zero-order valence-electron chi connectivity index (χ0n) is 21.4. The maximum absolute atomic E-state index is 14.1. The fourth-order valence-corrected chi connectivity index (χ4v) is 8.67. The van der Waals surface area contributed by atoms with Crippen molar-refractivity contribution in [3.8, 4) is 0 Å². The molecule has 3 amide bonds. The van der Waals surface area contributed by atoms with Crippen LogP contribution in [0.25, 0.3) is 0 Å². The van der Waals surface area contributed by atoms with Gasteiger partial charge >= 0.3 is 0 Å². The van der Waals surface area contributed by atoms with Crippen molar-refractivity contribution < 1.29 is 24.2 Å². The number of hydrogen-bond donors (Lipinski definition) is 1. The van der Waals surface area contributed by atoms with Gasteiger partial charge in [-0.05, 0) is 12.1 Å². The number of carbonyl (C=O) groups excluding carboxylic acids is 3. The molecule has 5 aliphatic rings. The summed E-state index contributed by atoms with van der Waals surface area (Å²) in [5.74, 6) is -1.67. The summed E-state index contributed by atoms with van der Waals surface area (Å²) < 4.78 is 4.59. The van der Waals surface area contributed by atoms with Crippen LogP contribution >= 0.6 is 11.8 Å². The van der Waals surface area contributed by atoms with Crippen molar-refractivity contribution in [2.75, 3.05) is 70.5 Å². The number of ether oxygens (including phenoxy) is 1. The molecule has 3 fully saturated rings. The zero-order chi connectivity index (χ0) is 26.3. The van der Waals surface area contributed by atoms with Gasteiger partial charge in [-0.2, -0.15) is 0 Å². The third-order valence-corrected chi connectivity index (χ3v) is 10.2. The number of rotatable bonds is 6. The minimum atomic E-state index is -0.855. The first-order valence-electron chi connectivity index (χ1n) is 13.4. The summed E-state index contributed by atoms with van der Waals surface area (Å²) in [6.45, 7) is 5.11. The van der Waals surface area contributed by atoms with Crippen LogP contribution in [0.15, 0.2) is 54.6 Å². The van der Waals surface area contributed by atoms with E-state index in [9.17, 15) is 19.5 Å². The smallest absolute Gasteiger partial charge is 0.247 e. The monoisotopic (exact) mass is 538 g/mol. The molecule has 1 spiro atoms. The topological polar surface area (TPSA) is 93.6 Å². The first-order chi connectivity index (χ1) is 18.5. The summed E-state index contributed by atoms with van der Waals surface area (Å²) >= 11 is 1.57. The van der Waals surface area contributed by atoms with Crippen LogP contribution in [-0.2, 0) is 19.1 Å². The average Bonchev–Trinajstić information content (AvgIpc) is 3.24. The van der Waals surface area contributed by atoms with Crippen molar-refractivity contribution in [2.24, 2.45) is 11.8 Å². The molecule has 3 saturated heterocycles. The number of anilines is 1. The molecule has 1 N–H and O–H groups in total. The largest absolute Gasteiger partial charge is 0.395 e. The van der Waals surface area contributed by atoms with E-state index in [0.717, 1.165) is 25.3 Å². The molecule has 5 atom stereocenters. The first kappa shape index (κ1) is 25.6. The van der Waals surface area contributed by atoms with Gasteiger partial charge in [0.2, 0.25) is 17.7 Å². The van der Waals surface area contributed by atoms with Crippen LogP contribution in [0.3, 0.4) is 0 Å². The number of hydrogen-bond acceptors (Lipinski definition) is 7. The van der Waals surface area contributed by atoms with Crippen LogP contribution in [0.4, 0.5) is 5.69 Å². The number of thioether (sulfide) groups is 1. The molecule has 1 aromatic carbocycles. The van der Waals surface area contributed by atoms with Gasteiger partial charge < -0.3 is 24.5 Å². The number of nitrogens with zero attached hydrogens (tertiary/aromatic N) is 4. The number of fused-ring (bicyclic) bond motifs is 2. The van der Waals surface area contributed by atoms with Crippen molar-refractivity contribution >= 4 is 35.2 Å². The van der Waals surface area contributed by atoms with Crippen molar-refractivity contribution in [2.45, 2.75) is 16.0 Å². The van der Waals surface area contributed by atoms with Gasteiger partial charge in [0.1, 0.15) is 6.04 Å². The number of para-hydroxylation sites is 1. The van der Waals surface area contributed by atoms with Gasteiger partial charge in [-0.15, -0.1) is 11.8 Å². The summed E-state index contributed by atoms with van der Waals surface area (Å²) in [6, 6.07) is 8.77. The molecule has 10 heteroatoms. The molecule has 9 nitrogen and oxygen atoms in total. The molecule has 0 bridgehead atoms. The zero-order valence-corrected chi connectivity index (χ0v) is 22.2. The Hall–Kier alpha value is -2.66. The van der Waals surface area contributed by atoms with Crippen LogP contribution < -0.4 is 4.90 Å². The summed E-state index contributed by atoms with van der Waals surface area (Å²) in [5, 5.41) is 9.66. The van der Waals surface area contributed by atoms with E-state index in [1.165, 1.54) is 0 Å². The Labute approximate surface area is 227 Å². The molecule has 0 aliphatic carbocycles. The van der Waals surface area contributed by atoms with E-state index in [4.69, 9.17) is 4.74 Å². The minimum Gasteiger partial charge on any atom is -0.395 e. The number of likely N-dealkylation sites (tertiary alicyclic amines) is 1. The molecule has 5 heterocycles. The lowest BCUT2D eigenvalue weighted by atomic mass is 9.78. The van der Waals surface area contributed by atoms with Gasteiger partial charge in [0.05, 0.1) is 36.4 Å². The fraction of sp³-hybridized carbons (Fsp3) is 0.536. The molecule has 1 unspecified atom stereocenters. The molecule has 5 aliphatic heterocycles. The van der Waals surface area contributed by atoms with Crippen LogP contribution in [0.5, 0.6) is 0 Å². The highest BCUT2D eigenvalue weighted by Crippen LogP contribution is 2.61. The number of β-amino-alcohol motifs (C(OH)–C–C–N with tert-alkyl or cyclic N) is 1. The molecule has 0 aromatic heterocycles. The fourth-order valence-electron chi connectivity index (χ4n) is 6.66. The molecule has 6 rings (SSSR count). The van der Waals surface area contributed by atoms with Crippen LogP contribution in [0.1, 0.15) is 0 Å². The Kier molecular flexibility index (Phi) is 7.07. The Morgan fingerprint density at radius 1 is 0.947 bits per heavy atom. The highest BCUT2D eigenvalue weighted by atomic mass is 32.2. The lowest BCUT2D eigenvalue weighted by Crippen LogP contribution is -2.54. The Balaban J connectivity index is 1.32. The van der Waals surface area contributed by atoms with Crippen molar-refractivity contribution in [1.29, 1.82) is 0 Å². The van der Waals surface area contributed by atoms with E-state index in [-0.39, 0.29) is 36.1 Å². The highest BCUT2D eigenvalue weighted by Gasteiger charge is 2.70. The third-order valence-electron chi connectivity index (χ3n) is 8.44. The lowest BCUT2D eigenvalue weighted by Gasteiger charge is -2.36. The van der Waals surface area contributed by atoms with E-state index < -0.39 is 22.6 Å². The van der Waals surface area contributed by atoms with Gasteiger partial charge in [0.15, 0.2) is 0 Å². The maximum atomic E-state index is 14.1. The van der Waals surface area contributed by atoms with Crippen LogP contribution in [-0.4, -0.2) is 119 Å². The van der Waals surface area contributed by atoms with Crippen LogP contribution in [0.2, 0.25) is 0 Å². The third kappa shape index (κ3) is 4.18. The number of carbonyl (C=O) groups is 3. The SMILES string of the molecule is O=C1C2N(CCO)C(=O)[C@@H]3[C@H]4C(=O)N(c5ccccc5)CC=C[C@H]4S[C@]23C=CCN1CCN1CCOCC1. The number of morpholine rings is 1. The standard InChI is InChI=1S/C28H34N4O5S/c33-17-14-32-24-27(36)30(13-12-29-15-18-37-19-16-29)10-5-9-28(24)23(26(32)35)22-21(38-28)8-4-11-31(25(22)34)20-6-2-1-3-7-20/h1-9,21-24,33H,10-19H2/t21-,22+,23+,24?,28+/m1/s1. The van der Waals surface area contributed by atoms with Crippen molar-refractivity contribution in [3.63, 3.8) is 0 Å². The highest BCUT2D eigenvalue weighted by molar-refractivity contribution is 8.02. The maximum Gasteiger partial charge on any atom is 0.247 e. The predicted molar refractivity (Wildman–Crippen MR) is 145 cm³/mol. The van der Waals surface area contributed by atoms with Gasteiger partial charge in [0.25, 0.3) is 0 Å². The summed E-state index contributed by atoms with van der Waals surface area (Å²) in [6.07, 6.45) is 8.07. The van der Waals surface area contributed by atoms with E-state index in [1.54, 1.807) is 21.6 Å².